The molecule has 140 valence electrons. The van der Waals surface area contributed by atoms with Crippen LogP contribution in [0.4, 0.5) is 4.79 Å². The summed E-state index contributed by atoms with van der Waals surface area (Å²) in [4.78, 5) is 40.2. The van der Waals surface area contributed by atoms with Crippen LogP contribution in [-0.4, -0.2) is 29.3 Å². The minimum absolute atomic E-state index is 0.202. The van der Waals surface area contributed by atoms with Crippen molar-refractivity contribution in [2.24, 2.45) is 0 Å². The third kappa shape index (κ3) is 3.02. The zero-order valence-electron chi connectivity index (χ0n) is 15.0. The second-order valence-corrected chi connectivity index (χ2v) is 8.04. The number of hydrogen-bond acceptors (Lipinski definition) is 4. The maximum atomic E-state index is 13.1. The molecular formula is C20H21N3O3S. The number of hydrogen-bond donors (Lipinski definition) is 2. The number of benzene rings is 1. The van der Waals surface area contributed by atoms with Gasteiger partial charge in [0.2, 0.25) is 5.91 Å². The smallest absolute Gasteiger partial charge is 0.325 e. The van der Waals surface area contributed by atoms with Gasteiger partial charge in [0.1, 0.15) is 12.1 Å². The molecule has 0 unspecified atom stereocenters. The second kappa shape index (κ2) is 6.81. The Labute approximate surface area is 161 Å². The van der Waals surface area contributed by atoms with Crippen molar-refractivity contribution in [3.05, 3.63) is 57.8 Å². The lowest BCUT2D eigenvalue weighted by molar-refractivity contribution is -0.135. The number of rotatable bonds is 4. The number of thiophene rings is 1. The number of amides is 4. The van der Waals surface area contributed by atoms with Crippen LogP contribution in [0, 0.1) is 0 Å². The number of urea groups is 1. The first-order valence-corrected chi connectivity index (χ1v) is 9.94. The molecular weight excluding hydrogens is 362 g/mol. The summed E-state index contributed by atoms with van der Waals surface area (Å²) in [6.07, 6.45) is 2.33. The molecule has 1 aromatic heterocycles. The summed E-state index contributed by atoms with van der Waals surface area (Å²) < 4.78 is 0. The van der Waals surface area contributed by atoms with Gasteiger partial charge in [-0.1, -0.05) is 30.3 Å². The molecule has 1 aliphatic carbocycles. The highest BCUT2D eigenvalue weighted by atomic mass is 32.1. The number of carbonyl (C=O) groups is 3. The minimum Gasteiger partial charge on any atom is -0.348 e. The average molecular weight is 383 g/mol. The predicted molar refractivity (Wildman–Crippen MR) is 102 cm³/mol. The van der Waals surface area contributed by atoms with Crippen molar-refractivity contribution < 1.29 is 14.4 Å². The highest BCUT2D eigenvalue weighted by Gasteiger charge is 2.54. The number of nitrogens with one attached hydrogen (secondary N) is 2. The van der Waals surface area contributed by atoms with Gasteiger partial charge in [-0.2, -0.15) is 0 Å². The van der Waals surface area contributed by atoms with Gasteiger partial charge in [-0.15, -0.1) is 11.3 Å². The van der Waals surface area contributed by atoms with Crippen LogP contribution in [-0.2, 0) is 21.5 Å². The SMILES string of the molecule is C[C@H](NC(=O)CN1C(=O)N[C@@]2(CCCc3sccc32)C1=O)c1ccccc1. The van der Waals surface area contributed by atoms with E-state index in [1.54, 1.807) is 11.3 Å². The summed E-state index contributed by atoms with van der Waals surface area (Å²) in [5.41, 5.74) is 0.850. The Balaban J connectivity index is 1.48. The third-order valence-electron chi connectivity index (χ3n) is 5.32. The van der Waals surface area contributed by atoms with Gasteiger partial charge in [-0.3, -0.25) is 14.5 Å². The Morgan fingerprint density at radius 1 is 1.30 bits per heavy atom. The van der Waals surface area contributed by atoms with Gasteiger partial charge in [0.15, 0.2) is 0 Å². The highest BCUT2D eigenvalue weighted by Crippen LogP contribution is 2.42. The van der Waals surface area contributed by atoms with E-state index in [0.717, 1.165) is 33.7 Å². The van der Waals surface area contributed by atoms with Crippen molar-refractivity contribution in [1.82, 2.24) is 15.5 Å². The van der Waals surface area contributed by atoms with Crippen molar-refractivity contribution in [3.8, 4) is 0 Å². The molecule has 1 aromatic carbocycles. The van der Waals surface area contributed by atoms with Gasteiger partial charge in [0.05, 0.1) is 6.04 Å². The average Bonchev–Trinajstić information content (AvgIpc) is 3.23. The lowest BCUT2D eigenvalue weighted by Crippen LogP contribution is -2.47. The summed E-state index contributed by atoms with van der Waals surface area (Å²) in [5, 5.41) is 7.68. The van der Waals surface area contributed by atoms with Crippen molar-refractivity contribution in [2.45, 2.75) is 37.8 Å². The van der Waals surface area contributed by atoms with Gasteiger partial charge in [-0.25, -0.2) is 4.79 Å². The van der Waals surface area contributed by atoms with Crippen LogP contribution < -0.4 is 10.6 Å². The molecule has 2 atom stereocenters. The molecule has 4 amide bonds. The van der Waals surface area contributed by atoms with E-state index in [2.05, 4.69) is 10.6 Å². The van der Waals surface area contributed by atoms with Crippen LogP contribution in [0.25, 0.3) is 0 Å². The van der Waals surface area contributed by atoms with E-state index in [1.807, 2.05) is 48.7 Å². The molecule has 1 aliphatic heterocycles. The zero-order valence-corrected chi connectivity index (χ0v) is 15.8. The van der Waals surface area contributed by atoms with Crippen LogP contribution >= 0.6 is 11.3 Å². The first kappa shape index (κ1) is 17.7. The molecule has 1 fully saturated rings. The van der Waals surface area contributed by atoms with Crippen LogP contribution in [0.15, 0.2) is 41.8 Å². The summed E-state index contributed by atoms with van der Waals surface area (Å²) in [6.45, 7) is 1.60. The summed E-state index contributed by atoms with van der Waals surface area (Å²) in [5.74, 6) is -0.678. The van der Waals surface area contributed by atoms with E-state index >= 15 is 0 Å². The maximum absolute atomic E-state index is 13.1. The zero-order chi connectivity index (χ0) is 19.0. The van der Waals surface area contributed by atoms with Crippen LogP contribution in [0.1, 0.15) is 41.8 Å². The molecule has 2 aromatic rings. The van der Waals surface area contributed by atoms with E-state index < -0.39 is 11.6 Å². The fourth-order valence-electron chi connectivity index (χ4n) is 3.94. The Morgan fingerprint density at radius 2 is 2.07 bits per heavy atom. The number of nitrogens with zero attached hydrogens (tertiary/aromatic N) is 1. The molecule has 1 spiro atoms. The van der Waals surface area contributed by atoms with Gasteiger partial charge in [0.25, 0.3) is 5.91 Å². The lowest BCUT2D eigenvalue weighted by atomic mass is 9.80. The second-order valence-electron chi connectivity index (χ2n) is 7.04. The molecule has 4 rings (SSSR count). The normalized spacial score (nSPS) is 22.5. The topological polar surface area (TPSA) is 78.5 Å². The number of fused-ring (bicyclic) bond motifs is 2. The van der Waals surface area contributed by atoms with Gasteiger partial charge in [-0.05, 0) is 43.2 Å². The first-order valence-electron chi connectivity index (χ1n) is 9.06. The Bertz CT molecular complexity index is 895. The molecule has 2 N–H and O–H groups in total. The monoisotopic (exact) mass is 383 g/mol. The number of carbonyl (C=O) groups excluding carboxylic acids is 3. The van der Waals surface area contributed by atoms with Crippen molar-refractivity contribution in [1.29, 1.82) is 0 Å². The van der Waals surface area contributed by atoms with Gasteiger partial charge < -0.3 is 10.6 Å². The third-order valence-corrected chi connectivity index (χ3v) is 6.30. The van der Waals surface area contributed by atoms with Crippen LogP contribution in [0.3, 0.4) is 0 Å². The van der Waals surface area contributed by atoms with E-state index in [-0.39, 0.29) is 24.4 Å². The number of imide groups is 1. The molecule has 1 saturated heterocycles. The summed E-state index contributed by atoms with van der Waals surface area (Å²) in [6, 6.07) is 10.8. The highest BCUT2D eigenvalue weighted by molar-refractivity contribution is 7.10. The quantitative estimate of drug-likeness (QED) is 0.797. The molecule has 0 radical (unpaired) electrons. The van der Waals surface area contributed by atoms with Crippen molar-refractivity contribution in [3.63, 3.8) is 0 Å². The van der Waals surface area contributed by atoms with E-state index in [0.29, 0.717) is 6.42 Å². The van der Waals surface area contributed by atoms with Gasteiger partial charge >= 0.3 is 6.03 Å². The van der Waals surface area contributed by atoms with Crippen LogP contribution in [0.2, 0.25) is 0 Å². The summed E-state index contributed by atoms with van der Waals surface area (Å²) in [7, 11) is 0. The van der Waals surface area contributed by atoms with Crippen molar-refractivity contribution in [2.75, 3.05) is 6.54 Å². The molecule has 7 heteroatoms. The van der Waals surface area contributed by atoms with Crippen molar-refractivity contribution >= 4 is 29.2 Å². The standard InChI is InChI=1S/C20H21N3O3S/c1-13(14-6-3-2-4-7-14)21-17(24)12-23-18(25)20(22-19(23)26)10-5-8-16-15(20)9-11-27-16/h2-4,6-7,9,11,13H,5,8,10,12H2,1H3,(H,21,24)(H,22,26)/t13-,20+/m0/s1. The Kier molecular flexibility index (Phi) is 4.47. The fraction of sp³-hybridized carbons (Fsp3) is 0.350. The molecule has 27 heavy (non-hydrogen) atoms. The van der Waals surface area contributed by atoms with Gasteiger partial charge in [0, 0.05) is 10.4 Å². The van der Waals surface area contributed by atoms with E-state index in [4.69, 9.17) is 0 Å². The fourth-order valence-corrected chi connectivity index (χ4v) is 4.94. The number of aryl methyl sites for hydroxylation is 1. The largest absolute Gasteiger partial charge is 0.348 e. The molecule has 0 bridgehead atoms. The molecule has 6 nitrogen and oxygen atoms in total. The Hall–Kier alpha value is -2.67. The molecule has 0 saturated carbocycles. The van der Waals surface area contributed by atoms with E-state index in [1.165, 1.54) is 0 Å². The predicted octanol–water partition coefficient (Wildman–Crippen LogP) is 2.71. The molecule has 2 heterocycles. The minimum atomic E-state index is -1.00. The van der Waals surface area contributed by atoms with E-state index in [9.17, 15) is 14.4 Å². The Morgan fingerprint density at radius 3 is 2.85 bits per heavy atom. The van der Waals surface area contributed by atoms with Crippen LogP contribution in [0.5, 0.6) is 0 Å². The maximum Gasteiger partial charge on any atom is 0.325 e. The lowest BCUT2D eigenvalue weighted by Gasteiger charge is -2.31. The molecule has 2 aliphatic rings. The first-order chi connectivity index (χ1) is 13.0. The summed E-state index contributed by atoms with van der Waals surface area (Å²) >= 11 is 1.61.